The number of nitro groups is 1. The number of hydrogen-bond donors (Lipinski definition) is 0. The maximum Gasteiger partial charge on any atom is 0.232 e. The lowest BCUT2D eigenvalue weighted by molar-refractivity contribution is -0.497. The SMILES string of the molecule is O=C([C@@H]1C[C@H]1[N+](=O)[O-])N1CCC[C@H](N2CCCC2)CC1. The Morgan fingerprint density at radius 1 is 1.05 bits per heavy atom. The maximum atomic E-state index is 12.3. The Morgan fingerprint density at radius 3 is 2.45 bits per heavy atom. The van der Waals surface area contributed by atoms with Crippen LogP contribution < -0.4 is 0 Å². The largest absolute Gasteiger partial charge is 0.342 e. The first-order valence-electron chi connectivity index (χ1n) is 7.83. The lowest BCUT2D eigenvalue weighted by atomic mass is 10.1. The minimum atomic E-state index is -0.611. The minimum absolute atomic E-state index is 0.0220. The molecular weight excluding hydrogens is 258 g/mol. The van der Waals surface area contributed by atoms with Gasteiger partial charge in [-0.25, -0.2) is 0 Å². The van der Waals surface area contributed by atoms with Crippen LogP contribution in [0.1, 0.15) is 38.5 Å². The van der Waals surface area contributed by atoms with Gasteiger partial charge in [-0.2, -0.15) is 0 Å². The summed E-state index contributed by atoms with van der Waals surface area (Å²) in [6.45, 7) is 3.96. The Kier molecular flexibility index (Phi) is 3.92. The summed E-state index contributed by atoms with van der Waals surface area (Å²) >= 11 is 0. The van der Waals surface area contributed by atoms with Gasteiger partial charge in [0.2, 0.25) is 11.9 Å². The Bertz CT molecular complexity index is 395. The van der Waals surface area contributed by atoms with E-state index in [9.17, 15) is 14.9 Å². The third kappa shape index (κ3) is 2.80. The van der Waals surface area contributed by atoms with Gasteiger partial charge in [-0.05, 0) is 45.2 Å². The molecule has 1 saturated carbocycles. The van der Waals surface area contributed by atoms with E-state index in [1.54, 1.807) is 0 Å². The fourth-order valence-electron chi connectivity index (χ4n) is 3.69. The van der Waals surface area contributed by atoms with Crippen molar-refractivity contribution in [3.63, 3.8) is 0 Å². The number of amides is 1. The molecule has 3 atom stereocenters. The zero-order valence-electron chi connectivity index (χ0n) is 11.9. The maximum absolute atomic E-state index is 12.3. The number of nitrogens with zero attached hydrogens (tertiary/aromatic N) is 3. The molecular formula is C14H23N3O3. The van der Waals surface area contributed by atoms with Crippen LogP contribution in [0.4, 0.5) is 0 Å². The van der Waals surface area contributed by atoms with Crippen molar-refractivity contribution in [1.82, 2.24) is 9.80 Å². The van der Waals surface area contributed by atoms with Crippen LogP contribution in [-0.4, -0.2) is 58.9 Å². The molecule has 0 radical (unpaired) electrons. The molecule has 0 aromatic carbocycles. The van der Waals surface area contributed by atoms with Gasteiger partial charge in [0.1, 0.15) is 5.92 Å². The van der Waals surface area contributed by atoms with Gasteiger partial charge in [0.05, 0.1) is 0 Å². The molecule has 2 heterocycles. The second-order valence-electron chi connectivity index (χ2n) is 6.35. The summed E-state index contributed by atoms with van der Waals surface area (Å²) in [4.78, 5) is 27.1. The standard InChI is InChI=1S/C14H23N3O3/c18-14(12-10-13(12)17(19)20)16-8-3-4-11(5-9-16)15-6-1-2-7-15/h11-13H,1-10H2/t11-,12+,13+/m0/s1. The van der Waals surface area contributed by atoms with Crippen LogP contribution in [0.25, 0.3) is 0 Å². The van der Waals surface area contributed by atoms with E-state index >= 15 is 0 Å². The Morgan fingerprint density at radius 2 is 1.80 bits per heavy atom. The smallest absolute Gasteiger partial charge is 0.232 e. The van der Waals surface area contributed by atoms with Crippen LogP contribution in [0.2, 0.25) is 0 Å². The highest BCUT2D eigenvalue weighted by atomic mass is 16.6. The van der Waals surface area contributed by atoms with Crippen molar-refractivity contribution in [2.45, 2.75) is 50.6 Å². The molecule has 0 aromatic rings. The Labute approximate surface area is 119 Å². The molecule has 1 aliphatic carbocycles. The average molecular weight is 281 g/mol. The summed E-state index contributed by atoms with van der Waals surface area (Å²) in [5.74, 6) is -0.317. The summed E-state index contributed by atoms with van der Waals surface area (Å²) in [6, 6.07) is 0.000877. The molecule has 0 bridgehead atoms. The summed E-state index contributed by atoms with van der Waals surface area (Å²) in [5.41, 5.74) is 0. The average Bonchev–Trinajstić information content (AvgIpc) is 3.14. The van der Waals surface area contributed by atoms with E-state index in [0.29, 0.717) is 12.5 Å². The third-order valence-corrected chi connectivity index (χ3v) is 5.01. The molecule has 3 rings (SSSR count). The summed E-state index contributed by atoms with van der Waals surface area (Å²) < 4.78 is 0. The molecule has 3 fully saturated rings. The number of carbonyl (C=O) groups excluding carboxylic acids is 1. The molecule has 3 aliphatic rings. The first-order chi connectivity index (χ1) is 9.66. The zero-order chi connectivity index (χ0) is 14.1. The molecule has 2 aliphatic heterocycles. The highest BCUT2D eigenvalue weighted by Gasteiger charge is 2.54. The van der Waals surface area contributed by atoms with Crippen LogP contribution in [0.15, 0.2) is 0 Å². The highest BCUT2D eigenvalue weighted by Crippen LogP contribution is 2.35. The van der Waals surface area contributed by atoms with Gasteiger partial charge < -0.3 is 9.80 Å². The van der Waals surface area contributed by atoms with E-state index < -0.39 is 6.04 Å². The van der Waals surface area contributed by atoms with Gasteiger partial charge in [0.25, 0.3) is 0 Å². The fraction of sp³-hybridized carbons (Fsp3) is 0.929. The van der Waals surface area contributed by atoms with Crippen LogP contribution in [0, 0.1) is 16.0 Å². The van der Waals surface area contributed by atoms with E-state index in [4.69, 9.17) is 0 Å². The first-order valence-corrected chi connectivity index (χ1v) is 7.83. The van der Waals surface area contributed by atoms with E-state index in [2.05, 4.69) is 4.90 Å². The van der Waals surface area contributed by atoms with Crippen LogP contribution in [0.5, 0.6) is 0 Å². The van der Waals surface area contributed by atoms with Crippen molar-refractivity contribution in [1.29, 1.82) is 0 Å². The van der Waals surface area contributed by atoms with Gasteiger partial charge in [-0.3, -0.25) is 14.9 Å². The molecule has 6 nitrogen and oxygen atoms in total. The van der Waals surface area contributed by atoms with Gasteiger partial charge in [0, 0.05) is 30.5 Å². The normalized spacial score (nSPS) is 34.8. The molecule has 20 heavy (non-hydrogen) atoms. The molecule has 1 amide bonds. The summed E-state index contributed by atoms with van der Waals surface area (Å²) in [6.07, 6.45) is 6.26. The quantitative estimate of drug-likeness (QED) is 0.574. The lowest BCUT2D eigenvalue weighted by Crippen LogP contribution is -2.36. The number of rotatable bonds is 3. The van der Waals surface area contributed by atoms with Gasteiger partial charge >= 0.3 is 0 Å². The van der Waals surface area contributed by atoms with Crippen molar-refractivity contribution >= 4 is 5.91 Å². The van der Waals surface area contributed by atoms with Gasteiger partial charge in [-0.15, -0.1) is 0 Å². The lowest BCUT2D eigenvalue weighted by Gasteiger charge is -2.26. The van der Waals surface area contributed by atoms with E-state index in [1.807, 2.05) is 4.90 Å². The number of likely N-dealkylation sites (tertiary alicyclic amines) is 2. The first kappa shape index (κ1) is 13.8. The van der Waals surface area contributed by atoms with Crippen molar-refractivity contribution in [2.24, 2.45) is 5.92 Å². The topological polar surface area (TPSA) is 66.7 Å². The second-order valence-corrected chi connectivity index (χ2v) is 6.35. The van der Waals surface area contributed by atoms with Gasteiger partial charge in [-0.1, -0.05) is 0 Å². The highest BCUT2D eigenvalue weighted by molar-refractivity contribution is 5.82. The predicted octanol–water partition coefficient (Wildman–Crippen LogP) is 1.13. The van der Waals surface area contributed by atoms with E-state index in [1.165, 1.54) is 25.9 Å². The van der Waals surface area contributed by atoms with E-state index in [0.717, 1.165) is 32.4 Å². The Balaban J connectivity index is 1.52. The minimum Gasteiger partial charge on any atom is -0.342 e. The van der Waals surface area contributed by atoms with Crippen molar-refractivity contribution in [3.8, 4) is 0 Å². The van der Waals surface area contributed by atoms with Crippen LogP contribution >= 0.6 is 0 Å². The van der Waals surface area contributed by atoms with E-state index in [-0.39, 0.29) is 16.7 Å². The molecule has 2 saturated heterocycles. The summed E-state index contributed by atoms with van der Waals surface area (Å²) in [7, 11) is 0. The van der Waals surface area contributed by atoms with Crippen LogP contribution in [-0.2, 0) is 4.79 Å². The molecule has 112 valence electrons. The molecule has 6 heteroatoms. The molecule has 0 unspecified atom stereocenters. The third-order valence-electron chi connectivity index (χ3n) is 5.01. The van der Waals surface area contributed by atoms with Gasteiger partial charge in [0.15, 0.2) is 0 Å². The van der Waals surface area contributed by atoms with Crippen molar-refractivity contribution < 1.29 is 9.72 Å². The van der Waals surface area contributed by atoms with Crippen LogP contribution in [0.3, 0.4) is 0 Å². The molecule has 0 aromatic heterocycles. The Hall–Kier alpha value is -1.17. The summed E-state index contributed by atoms with van der Waals surface area (Å²) in [5, 5.41) is 10.7. The molecule has 0 N–H and O–H groups in total. The van der Waals surface area contributed by atoms with Crippen molar-refractivity contribution in [2.75, 3.05) is 26.2 Å². The zero-order valence-corrected chi connectivity index (χ0v) is 11.9. The second kappa shape index (κ2) is 5.68. The monoisotopic (exact) mass is 281 g/mol. The van der Waals surface area contributed by atoms with Crippen molar-refractivity contribution in [3.05, 3.63) is 10.1 Å². The predicted molar refractivity (Wildman–Crippen MR) is 73.9 cm³/mol. The number of hydrogen-bond acceptors (Lipinski definition) is 4. The molecule has 0 spiro atoms. The fourth-order valence-corrected chi connectivity index (χ4v) is 3.69. The number of carbonyl (C=O) groups is 1.